The van der Waals surface area contributed by atoms with Gasteiger partial charge in [-0.25, -0.2) is 4.98 Å². The summed E-state index contributed by atoms with van der Waals surface area (Å²) in [7, 11) is 0.695. The lowest BCUT2D eigenvalue weighted by atomic mass is 10.1. The van der Waals surface area contributed by atoms with Gasteiger partial charge in [0.25, 0.3) is 0 Å². The van der Waals surface area contributed by atoms with Crippen molar-refractivity contribution in [2.24, 2.45) is 0 Å². The zero-order chi connectivity index (χ0) is 16.2. The molecule has 2 aromatic carbocycles. The van der Waals surface area contributed by atoms with E-state index < -0.39 is 10.8 Å². The van der Waals surface area contributed by atoms with Crippen molar-refractivity contribution in [3.8, 4) is 0 Å². The maximum absolute atomic E-state index is 12.5. The Labute approximate surface area is 142 Å². The third kappa shape index (κ3) is 3.86. The zero-order valence-corrected chi connectivity index (χ0v) is 14.8. The second-order valence-electron chi connectivity index (χ2n) is 5.42. The van der Waals surface area contributed by atoms with Gasteiger partial charge in [-0.3, -0.25) is 4.21 Å². The first-order valence-electron chi connectivity index (χ1n) is 7.46. The molecule has 2 atom stereocenters. The fraction of sp³-hybridized carbons (Fsp3) is 0.278. The monoisotopic (exact) mass is 345 g/mol. The lowest BCUT2D eigenvalue weighted by Crippen LogP contribution is -2.01. The van der Waals surface area contributed by atoms with Crippen molar-refractivity contribution in [3.05, 3.63) is 64.1 Å². The average Bonchev–Trinajstić information content (AvgIpc) is 3.03. The summed E-state index contributed by atoms with van der Waals surface area (Å²) in [4.78, 5) is 4.53. The van der Waals surface area contributed by atoms with Gasteiger partial charge in [-0.2, -0.15) is 0 Å². The molecule has 0 aliphatic carbocycles. The number of aromatic nitrogens is 1. The summed E-state index contributed by atoms with van der Waals surface area (Å²) < 4.78 is 17.8. The van der Waals surface area contributed by atoms with Crippen LogP contribution in [0.25, 0.3) is 10.8 Å². The molecule has 0 N–H and O–H groups in total. The summed E-state index contributed by atoms with van der Waals surface area (Å²) >= 11 is 1.56. The van der Waals surface area contributed by atoms with Gasteiger partial charge in [-0.05, 0) is 23.3 Å². The molecule has 0 spiro atoms. The van der Waals surface area contributed by atoms with Gasteiger partial charge in [0, 0.05) is 29.0 Å². The van der Waals surface area contributed by atoms with Crippen molar-refractivity contribution in [1.82, 2.24) is 4.98 Å². The van der Waals surface area contributed by atoms with Crippen LogP contribution in [0.5, 0.6) is 0 Å². The van der Waals surface area contributed by atoms with Crippen molar-refractivity contribution in [2.75, 3.05) is 7.11 Å². The molecule has 0 unspecified atom stereocenters. The average molecular weight is 345 g/mol. The van der Waals surface area contributed by atoms with Crippen molar-refractivity contribution >= 4 is 32.9 Å². The van der Waals surface area contributed by atoms with Gasteiger partial charge >= 0.3 is 0 Å². The Bertz CT molecular complexity index is 823. The highest BCUT2D eigenvalue weighted by Gasteiger charge is 2.12. The fourth-order valence-electron chi connectivity index (χ4n) is 2.48. The van der Waals surface area contributed by atoms with Crippen molar-refractivity contribution in [3.63, 3.8) is 0 Å². The van der Waals surface area contributed by atoms with Crippen molar-refractivity contribution in [1.29, 1.82) is 0 Å². The largest absolute Gasteiger partial charge is 0.375 e. The van der Waals surface area contributed by atoms with Gasteiger partial charge in [0.05, 0.1) is 11.4 Å². The van der Waals surface area contributed by atoms with Gasteiger partial charge in [0.2, 0.25) is 0 Å². The van der Waals surface area contributed by atoms with E-state index in [-0.39, 0.29) is 6.10 Å². The first-order chi connectivity index (χ1) is 11.2. The van der Waals surface area contributed by atoms with Gasteiger partial charge in [0.1, 0.15) is 11.1 Å². The van der Waals surface area contributed by atoms with Crippen LogP contribution in [0, 0.1) is 0 Å². The minimum Gasteiger partial charge on any atom is -0.375 e. The molecule has 5 heteroatoms. The Balaban J connectivity index is 1.73. The van der Waals surface area contributed by atoms with E-state index in [1.54, 1.807) is 18.4 Å². The summed E-state index contributed by atoms with van der Waals surface area (Å²) in [6, 6.07) is 14.4. The predicted molar refractivity (Wildman–Crippen MR) is 97.0 cm³/mol. The molecular weight excluding hydrogens is 326 g/mol. The number of benzene rings is 2. The van der Waals surface area contributed by atoms with E-state index >= 15 is 0 Å². The molecule has 0 amide bonds. The Kier molecular flexibility index (Phi) is 5.20. The molecule has 3 aromatic rings. The number of fused-ring (bicyclic) bond motifs is 1. The van der Waals surface area contributed by atoms with E-state index in [0.29, 0.717) is 11.5 Å². The topological polar surface area (TPSA) is 39.2 Å². The van der Waals surface area contributed by atoms with Crippen LogP contribution in [0.2, 0.25) is 0 Å². The molecule has 3 rings (SSSR count). The van der Waals surface area contributed by atoms with Crippen LogP contribution in [0.3, 0.4) is 0 Å². The molecular formula is C18H19NO2S2. The van der Waals surface area contributed by atoms with E-state index in [0.717, 1.165) is 16.3 Å². The lowest BCUT2D eigenvalue weighted by molar-refractivity contribution is 0.119. The normalized spacial score (nSPS) is 14.0. The van der Waals surface area contributed by atoms with Crippen LogP contribution in [0.15, 0.2) is 47.8 Å². The third-order valence-corrected chi connectivity index (χ3v) is 6.08. The second-order valence-corrected chi connectivity index (χ2v) is 7.77. The van der Waals surface area contributed by atoms with Crippen molar-refractivity contribution < 1.29 is 8.95 Å². The second kappa shape index (κ2) is 7.34. The number of thiazole rings is 1. The van der Waals surface area contributed by atoms with E-state index in [1.807, 2.05) is 30.5 Å². The Hall–Kier alpha value is -1.56. The smallest absolute Gasteiger partial charge is 0.122 e. The molecule has 0 aliphatic rings. The molecule has 120 valence electrons. The van der Waals surface area contributed by atoms with E-state index in [1.165, 1.54) is 10.8 Å². The summed E-state index contributed by atoms with van der Waals surface area (Å²) in [6.07, 6.45) is -0.0137. The summed E-state index contributed by atoms with van der Waals surface area (Å²) in [5.74, 6) is 1.03. The highest BCUT2D eigenvalue weighted by molar-refractivity contribution is 7.83. The maximum atomic E-state index is 12.5. The van der Waals surface area contributed by atoms with Crippen LogP contribution in [-0.4, -0.2) is 16.3 Å². The fourth-order valence-corrected chi connectivity index (χ4v) is 4.62. The van der Waals surface area contributed by atoms with Crippen LogP contribution in [0.1, 0.15) is 29.3 Å². The lowest BCUT2D eigenvalue weighted by Gasteiger charge is -2.06. The molecule has 0 aliphatic heterocycles. The van der Waals surface area contributed by atoms with Crippen LogP contribution in [0.4, 0.5) is 0 Å². The van der Waals surface area contributed by atoms with E-state index in [4.69, 9.17) is 4.74 Å². The summed E-state index contributed by atoms with van der Waals surface area (Å²) in [6.45, 7) is 1.97. The number of methoxy groups -OCH3 is 1. The SMILES string of the molecule is CO[C@@H](C)c1nc(C[S@](=O)Cc2cccc3ccccc23)cs1. The number of rotatable bonds is 6. The molecule has 0 radical (unpaired) electrons. The number of nitrogens with zero attached hydrogens (tertiary/aromatic N) is 1. The maximum Gasteiger partial charge on any atom is 0.122 e. The molecule has 0 saturated carbocycles. The summed E-state index contributed by atoms with van der Waals surface area (Å²) in [5.41, 5.74) is 2.01. The predicted octanol–water partition coefficient (Wildman–Crippen LogP) is 4.45. The van der Waals surface area contributed by atoms with Gasteiger partial charge in [0.15, 0.2) is 0 Å². The third-order valence-electron chi connectivity index (χ3n) is 3.78. The molecule has 0 bridgehead atoms. The van der Waals surface area contributed by atoms with Gasteiger partial charge in [-0.15, -0.1) is 11.3 Å². The van der Waals surface area contributed by atoms with Crippen molar-refractivity contribution in [2.45, 2.75) is 24.5 Å². The van der Waals surface area contributed by atoms with E-state index in [9.17, 15) is 4.21 Å². The Morgan fingerprint density at radius 1 is 1.17 bits per heavy atom. The molecule has 0 saturated heterocycles. The van der Waals surface area contributed by atoms with Crippen LogP contribution in [-0.2, 0) is 27.0 Å². The van der Waals surface area contributed by atoms with Gasteiger partial charge in [-0.1, -0.05) is 42.5 Å². The molecule has 3 nitrogen and oxygen atoms in total. The molecule has 0 fully saturated rings. The Morgan fingerprint density at radius 3 is 2.78 bits per heavy atom. The molecule has 1 aromatic heterocycles. The van der Waals surface area contributed by atoms with Gasteiger partial charge < -0.3 is 4.74 Å². The molecule has 1 heterocycles. The Morgan fingerprint density at radius 2 is 1.96 bits per heavy atom. The minimum absolute atomic E-state index is 0.0137. The first kappa shape index (κ1) is 16.3. The van der Waals surface area contributed by atoms with Crippen LogP contribution >= 0.6 is 11.3 Å². The number of hydrogen-bond acceptors (Lipinski definition) is 4. The first-order valence-corrected chi connectivity index (χ1v) is 9.83. The highest BCUT2D eigenvalue weighted by atomic mass is 32.2. The number of hydrogen-bond donors (Lipinski definition) is 0. The standard InChI is InChI=1S/C18H19NO2S2/c1-13(21-2)18-19-16(10-22-18)12-23(20)11-15-8-5-7-14-6-3-4-9-17(14)15/h3-10,13H,11-12H2,1-2H3/t13-,23+/m0/s1. The quantitative estimate of drug-likeness (QED) is 0.662. The number of ether oxygens (including phenoxy) is 1. The van der Waals surface area contributed by atoms with Crippen LogP contribution < -0.4 is 0 Å². The minimum atomic E-state index is -0.976. The summed E-state index contributed by atoms with van der Waals surface area (Å²) in [5, 5.41) is 5.28. The zero-order valence-electron chi connectivity index (χ0n) is 13.2. The van der Waals surface area contributed by atoms with E-state index in [2.05, 4.69) is 29.2 Å². The highest BCUT2D eigenvalue weighted by Crippen LogP contribution is 2.23. The molecule has 23 heavy (non-hydrogen) atoms.